The van der Waals surface area contributed by atoms with E-state index in [-0.39, 0.29) is 11.7 Å². The lowest BCUT2D eigenvalue weighted by Gasteiger charge is -2.30. The highest BCUT2D eigenvalue weighted by Crippen LogP contribution is 2.21. The highest BCUT2D eigenvalue weighted by molar-refractivity contribution is 7.13. The number of thiazole rings is 1. The Balaban J connectivity index is 1.55. The summed E-state index contributed by atoms with van der Waals surface area (Å²) in [6.07, 6.45) is 2.56. The first kappa shape index (κ1) is 17.1. The molecule has 130 valence electrons. The number of anilines is 1. The number of furan rings is 1. The Labute approximate surface area is 145 Å². The Morgan fingerprint density at radius 3 is 3.21 bits per heavy atom. The van der Waals surface area contributed by atoms with Gasteiger partial charge in [-0.25, -0.2) is 4.98 Å². The number of likely N-dealkylation sites (tertiary alicyclic amines) is 1. The highest BCUT2D eigenvalue weighted by Gasteiger charge is 2.18. The van der Waals surface area contributed by atoms with Crippen molar-refractivity contribution in [3.05, 3.63) is 34.7 Å². The van der Waals surface area contributed by atoms with Crippen LogP contribution in [-0.2, 0) is 17.9 Å². The molecule has 3 rings (SSSR count). The summed E-state index contributed by atoms with van der Waals surface area (Å²) in [5, 5.41) is 5.40. The molecule has 0 aliphatic carbocycles. The Bertz CT molecular complexity index is 682. The molecule has 1 N–H and O–H groups in total. The normalized spacial score (nSPS) is 18.7. The molecule has 24 heavy (non-hydrogen) atoms. The van der Waals surface area contributed by atoms with E-state index in [2.05, 4.69) is 22.1 Å². The summed E-state index contributed by atoms with van der Waals surface area (Å²) in [7, 11) is 1.59. The van der Waals surface area contributed by atoms with Crippen LogP contribution in [0.3, 0.4) is 0 Å². The van der Waals surface area contributed by atoms with Crippen molar-refractivity contribution in [3.8, 4) is 0 Å². The van der Waals surface area contributed by atoms with Crippen LogP contribution in [0.25, 0.3) is 0 Å². The van der Waals surface area contributed by atoms with Gasteiger partial charge in [-0.15, -0.1) is 11.3 Å². The topological polar surface area (TPSA) is 67.6 Å². The Morgan fingerprint density at radius 2 is 2.42 bits per heavy atom. The minimum Gasteiger partial charge on any atom is -0.453 e. The molecule has 0 saturated carbocycles. The number of nitrogens with zero attached hydrogens (tertiary/aromatic N) is 2. The monoisotopic (exact) mass is 349 g/mol. The molecule has 1 amide bonds. The van der Waals surface area contributed by atoms with Crippen LogP contribution in [0.4, 0.5) is 5.13 Å². The molecular weight excluding hydrogens is 326 g/mol. The fourth-order valence-electron chi connectivity index (χ4n) is 2.97. The van der Waals surface area contributed by atoms with Crippen LogP contribution in [0.15, 0.2) is 21.9 Å². The molecule has 0 spiro atoms. The second kappa shape index (κ2) is 7.92. The first-order valence-corrected chi connectivity index (χ1v) is 9.07. The van der Waals surface area contributed by atoms with Gasteiger partial charge in [-0.2, -0.15) is 0 Å². The van der Waals surface area contributed by atoms with Gasteiger partial charge in [0, 0.05) is 25.6 Å². The van der Waals surface area contributed by atoms with Crippen molar-refractivity contribution in [2.45, 2.75) is 32.9 Å². The fourth-order valence-corrected chi connectivity index (χ4v) is 3.67. The van der Waals surface area contributed by atoms with Crippen LogP contribution in [0.5, 0.6) is 0 Å². The minimum absolute atomic E-state index is 0.267. The second-order valence-electron chi connectivity index (χ2n) is 6.28. The quantitative estimate of drug-likeness (QED) is 0.866. The van der Waals surface area contributed by atoms with Crippen molar-refractivity contribution >= 4 is 22.4 Å². The van der Waals surface area contributed by atoms with Crippen molar-refractivity contribution in [1.29, 1.82) is 0 Å². The number of piperidine rings is 1. The maximum atomic E-state index is 12.2. The van der Waals surface area contributed by atoms with Crippen molar-refractivity contribution < 1.29 is 13.9 Å². The average molecular weight is 349 g/mol. The van der Waals surface area contributed by atoms with E-state index in [9.17, 15) is 4.79 Å². The summed E-state index contributed by atoms with van der Waals surface area (Å²) < 4.78 is 10.4. The molecule has 3 heterocycles. The molecule has 1 aliphatic heterocycles. The zero-order valence-electron chi connectivity index (χ0n) is 14.1. The summed E-state index contributed by atoms with van der Waals surface area (Å²) in [6.45, 7) is 5.73. The number of carbonyl (C=O) groups is 1. The van der Waals surface area contributed by atoms with Crippen LogP contribution in [0, 0.1) is 5.92 Å². The van der Waals surface area contributed by atoms with Crippen molar-refractivity contribution in [3.63, 3.8) is 0 Å². The third-order valence-electron chi connectivity index (χ3n) is 4.07. The van der Waals surface area contributed by atoms with E-state index in [0.29, 0.717) is 17.5 Å². The Hall–Kier alpha value is -1.70. The van der Waals surface area contributed by atoms with Crippen LogP contribution in [-0.4, -0.2) is 36.0 Å². The standard InChI is InChI=1S/C17H23N3O3S/c1-12-4-3-7-20(8-12)9-13-11-24-17(18-13)19-16(21)15-6-5-14(23-15)10-22-2/h5-6,11-12H,3-4,7-10H2,1-2H3,(H,18,19,21). The van der Waals surface area contributed by atoms with Gasteiger partial charge in [-0.3, -0.25) is 15.0 Å². The van der Waals surface area contributed by atoms with E-state index in [1.54, 1.807) is 19.2 Å². The van der Waals surface area contributed by atoms with E-state index >= 15 is 0 Å². The van der Waals surface area contributed by atoms with Gasteiger partial charge in [0.1, 0.15) is 12.4 Å². The van der Waals surface area contributed by atoms with E-state index in [1.807, 2.05) is 5.38 Å². The minimum atomic E-state index is -0.287. The van der Waals surface area contributed by atoms with Crippen LogP contribution in [0.2, 0.25) is 0 Å². The molecule has 0 radical (unpaired) electrons. The summed E-state index contributed by atoms with van der Waals surface area (Å²) in [5.74, 6) is 1.35. The second-order valence-corrected chi connectivity index (χ2v) is 7.14. The molecule has 7 heteroatoms. The van der Waals surface area contributed by atoms with Crippen molar-refractivity contribution in [1.82, 2.24) is 9.88 Å². The number of nitrogens with one attached hydrogen (secondary N) is 1. The van der Waals surface area contributed by atoms with E-state index in [1.165, 1.54) is 24.2 Å². The third-order valence-corrected chi connectivity index (χ3v) is 4.88. The largest absolute Gasteiger partial charge is 0.453 e. The smallest absolute Gasteiger partial charge is 0.293 e. The van der Waals surface area contributed by atoms with E-state index < -0.39 is 0 Å². The number of hydrogen-bond donors (Lipinski definition) is 1. The van der Waals surface area contributed by atoms with E-state index in [0.717, 1.165) is 31.2 Å². The van der Waals surface area contributed by atoms with Gasteiger partial charge < -0.3 is 9.15 Å². The zero-order valence-corrected chi connectivity index (χ0v) is 14.9. The van der Waals surface area contributed by atoms with Crippen LogP contribution >= 0.6 is 11.3 Å². The first-order valence-electron chi connectivity index (χ1n) is 8.20. The van der Waals surface area contributed by atoms with Crippen LogP contribution in [0.1, 0.15) is 41.8 Å². The molecule has 1 atom stereocenters. The van der Waals surface area contributed by atoms with Gasteiger partial charge in [0.25, 0.3) is 5.91 Å². The third kappa shape index (κ3) is 4.43. The van der Waals surface area contributed by atoms with Gasteiger partial charge in [-0.1, -0.05) is 6.92 Å². The number of rotatable bonds is 6. The van der Waals surface area contributed by atoms with Crippen molar-refractivity contribution in [2.24, 2.45) is 5.92 Å². The van der Waals surface area contributed by atoms with Gasteiger partial charge in [0.15, 0.2) is 10.9 Å². The summed E-state index contributed by atoms with van der Waals surface area (Å²) in [4.78, 5) is 19.1. The highest BCUT2D eigenvalue weighted by atomic mass is 32.1. The molecular formula is C17H23N3O3S. The average Bonchev–Trinajstić information content (AvgIpc) is 3.17. The number of carbonyl (C=O) groups excluding carboxylic acids is 1. The predicted molar refractivity (Wildman–Crippen MR) is 93.2 cm³/mol. The molecule has 2 aromatic rings. The summed E-state index contributed by atoms with van der Waals surface area (Å²) >= 11 is 1.44. The molecule has 6 nitrogen and oxygen atoms in total. The Kier molecular flexibility index (Phi) is 5.65. The van der Waals surface area contributed by atoms with Gasteiger partial charge in [0.2, 0.25) is 0 Å². The number of ether oxygens (including phenoxy) is 1. The molecule has 1 fully saturated rings. The fraction of sp³-hybridized carbons (Fsp3) is 0.529. The maximum Gasteiger partial charge on any atom is 0.293 e. The molecule has 1 unspecified atom stereocenters. The lowest BCUT2D eigenvalue weighted by molar-refractivity contribution is 0.0987. The van der Waals surface area contributed by atoms with Gasteiger partial charge in [-0.05, 0) is 37.4 Å². The number of amides is 1. The Morgan fingerprint density at radius 1 is 1.54 bits per heavy atom. The lowest BCUT2D eigenvalue weighted by Crippen LogP contribution is -2.33. The summed E-state index contributed by atoms with van der Waals surface area (Å²) in [6, 6.07) is 3.39. The van der Waals surface area contributed by atoms with Crippen LogP contribution < -0.4 is 5.32 Å². The molecule has 1 saturated heterocycles. The van der Waals surface area contributed by atoms with Gasteiger partial charge in [0.05, 0.1) is 5.69 Å². The molecule has 1 aliphatic rings. The predicted octanol–water partition coefficient (Wildman–Crippen LogP) is 3.37. The summed E-state index contributed by atoms with van der Waals surface area (Å²) in [5.41, 5.74) is 1.00. The van der Waals surface area contributed by atoms with Gasteiger partial charge >= 0.3 is 0 Å². The number of methoxy groups -OCH3 is 1. The van der Waals surface area contributed by atoms with E-state index in [4.69, 9.17) is 9.15 Å². The first-order chi connectivity index (χ1) is 11.6. The SMILES string of the molecule is COCc1ccc(C(=O)Nc2nc(CN3CCCC(C)C3)cs2)o1. The molecule has 2 aromatic heterocycles. The molecule has 0 aromatic carbocycles. The molecule has 0 bridgehead atoms. The maximum absolute atomic E-state index is 12.2. The number of aromatic nitrogens is 1. The zero-order chi connectivity index (χ0) is 16.9. The van der Waals surface area contributed by atoms with Crippen molar-refractivity contribution in [2.75, 3.05) is 25.5 Å². The lowest BCUT2D eigenvalue weighted by atomic mass is 10.0. The number of hydrogen-bond acceptors (Lipinski definition) is 6.